The van der Waals surface area contributed by atoms with Crippen LogP contribution in [0.3, 0.4) is 0 Å². The Labute approximate surface area is 62.9 Å². The lowest BCUT2D eigenvalue weighted by molar-refractivity contribution is 0.0443. The maximum absolute atomic E-state index is 4.87. The molecule has 1 rings (SSSR count). The maximum atomic E-state index is 4.87. The molecule has 0 aromatic carbocycles. The summed E-state index contributed by atoms with van der Waals surface area (Å²) in [5, 5.41) is 0. The van der Waals surface area contributed by atoms with Gasteiger partial charge in [0, 0.05) is 6.04 Å². The van der Waals surface area contributed by atoms with E-state index in [1.807, 2.05) is 0 Å². The molecular formula is C8H17NO. The van der Waals surface area contributed by atoms with Gasteiger partial charge in [0.2, 0.25) is 0 Å². The second-order valence-corrected chi connectivity index (χ2v) is 3.28. The largest absolute Gasteiger partial charge is 0.305 e. The fourth-order valence-electron chi connectivity index (χ4n) is 1.54. The minimum absolute atomic E-state index is 0.612. The van der Waals surface area contributed by atoms with Crippen LogP contribution >= 0.6 is 0 Å². The van der Waals surface area contributed by atoms with Crippen LogP contribution in [0.1, 0.15) is 32.6 Å². The quantitative estimate of drug-likeness (QED) is 0.594. The van der Waals surface area contributed by atoms with Gasteiger partial charge >= 0.3 is 0 Å². The maximum Gasteiger partial charge on any atom is 0.0572 e. The number of nitrogens with one attached hydrogen (secondary N) is 1. The summed E-state index contributed by atoms with van der Waals surface area (Å²) in [5.74, 6) is 0.926. The summed E-state index contributed by atoms with van der Waals surface area (Å²) < 4.78 is 0. The Kier molecular flexibility index (Phi) is 3.16. The highest BCUT2D eigenvalue weighted by molar-refractivity contribution is 4.72. The molecule has 0 spiro atoms. The van der Waals surface area contributed by atoms with Crippen molar-refractivity contribution < 1.29 is 4.84 Å². The van der Waals surface area contributed by atoms with Gasteiger partial charge < -0.3 is 4.84 Å². The van der Waals surface area contributed by atoms with Crippen LogP contribution in [-0.2, 0) is 4.84 Å². The van der Waals surface area contributed by atoms with Gasteiger partial charge in [-0.15, -0.1) is 0 Å². The van der Waals surface area contributed by atoms with Crippen molar-refractivity contribution in [2.24, 2.45) is 5.92 Å². The van der Waals surface area contributed by atoms with Gasteiger partial charge in [0.15, 0.2) is 0 Å². The molecule has 2 heteroatoms. The van der Waals surface area contributed by atoms with Gasteiger partial charge in [-0.25, -0.2) is 0 Å². The van der Waals surface area contributed by atoms with Crippen molar-refractivity contribution in [1.29, 1.82) is 0 Å². The lowest BCUT2D eigenvalue weighted by Gasteiger charge is -2.25. The molecule has 60 valence electrons. The fraction of sp³-hybridized carbons (Fsp3) is 1.00. The van der Waals surface area contributed by atoms with Crippen LogP contribution in [0.25, 0.3) is 0 Å². The Morgan fingerprint density at radius 2 is 1.80 bits per heavy atom. The Morgan fingerprint density at radius 1 is 1.20 bits per heavy atom. The first-order valence-corrected chi connectivity index (χ1v) is 4.11. The summed E-state index contributed by atoms with van der Waals surface area (Å²) in [5.41, 5.74) is 3.00. The van der Waals surface area contributed by atoms with E-state index in [9.17, 15) is 0 Å². The number of hydrogen-bond donors (Lipinski definition) is 1. The predicted octanol–water partition coefficient (Wildman–Crippen LogP) is 1.72. The van der Waals surface area contributed by atoms with Gasteiger partial charge in [0.05, 0.1) is 7.11 Å². The molecule has 0 saturated heterocycles. The molecular weight excluding hydrogens is 126 g/mol. The first kappa shape index (κ1) is 8.02. The third-order valence-corrected chi connectivity index (χ3v) is 2.30. The van der Waals surface area contributed by atoms with Crippen LogP contribution in [0.2, 0.25) is 0 Å². The molecule has 10 heavy (non-hydrogen) atoms. The fourth-order valence-corrected chi connectivity index (χ4v) is 1.54. The zero-order valence-electron chi connectivity index (χ0n) is 6.89. The lowest BCUT2D eigenvalue weighted by Crippen LogP contribution is -2.31. The molecule has 0 radical (unpaired) electrons. The third-order valence-electron chi connectivity index (χ3n) is 2.30. The van der Waals surface area contributed by atoms with Gasteiger partial charge in [-0.05, 0) is 31.6 Å². The Morgan fingerprint density at radius 3 is 2.30 bits per heavy atom. The van der Waals surface area contributed by atoms with E-state index in [2.05, 4.69) is 12.4 Å². The highest BCUT2D eigenvalue weighted by atomic mass is 16.6. The Bertz CT molecular complexity index is 87.3. The third kappa shape index (κ3) is 2.27. The average Bonchev–Trinajstić information content (AvgIpc) is 1.95. The van der Waals surface area contributed by atoms with E-state index in [0.717, 1.165) is 5.92 Å². The molecule has 0 bridgehead atoms. The zero-order valence-corrected chi connectivity index (χ0v) is 6.89. The second kappa shape index (κ2) is 3.94. The second-order valence-electron chi connectivity index (χ2n) is 3.28. The highest BCUT2D eigenvalue weighted by Crippen LogP contribution is 2.23. The molecule has 0 atom stereocenters. The van der Waals surface area contributed by atoms with Crippen molar-refractivity contribution in [3.63, 3.8) is 0 Å². The molecule has 1 aliphatic rings. The van der Waals surface area contributed by atoms with Gasteiger partial charge in [-0.3, -0.25) is 0 Å². The van der Waals surface area contributed by atoms with Gasteiger partial charge in [0.1, 0.15) is 0 Å². The molecule has 1 saturated carbocycles. The molecule has 0 aromatic rings. The molecule has 0 unspecified atom stereocenters. The van der Waals surface area contributed by atoms with E-state index in [0.29, 0.717) is 6.04 Å². The van der Waals surface area contributed by atoms with Crippen molar-refractivity contribution >= 4 is 0 Å². The van der Waals surface area contributed by atoms with Gasteiger partial charge in [-0.1, -0.05) is 6.92 Å². The van der Waals surface area contributed by atoms with Gasteiger partial charge in [-0.2, -0.15) is 5.48 Å². The monoisotopic (exact) mass is 143 g/mol. The minimum Gasteiger partial charge on any atom is -0.305 e. The predicted molar refractivity (Wildman–Crippen MR) is 41.6 cm³/mol. The summed E-state index contributed by atoms with van der Waals surface area (Å²) in [6.45, 7) is 2.32. The average molecular weight is 143 g/mol. The molecule has 0 aliphatic heterocycles. The number of rotatable bonds is 2. The summed E-state index contributed by atoms with van der Waals surface area (Å²) in [6.07, 6.45) is 5.24. The van der Waals surface area contributed by atoms with Crippen LogP contribution in [0, 0.1) is 5.92 Å². The van der Waals surface area contributed by atoms with E-state index in [1.54, 1.807) is 7.11 Å². The van der Waals surface area contributed by atoms with Crippen LogP contribution in [0.15, 0.2) is 0 Å². The van der Waals surface area contributed by atoms with E-state index in [-0.39, 0.29) is 0 Å². The SMILES string of the molecule is CONC1CCC(C)CC1. The van der Waals surface area contributed by atoms with Crippen LogP contribution < -0.4 is 5.48 Å². The summed E-state index contributed by atoms with van der Waals surface area (Å²) >= 11 is 0. The molecule has 2 nitrogen and oxygen atoms in total. The summed E-state index contributed by atoms with van der Waals surface area (Å²) in [6, 6.07) is 0.612. The van der Waals surface area contributed by atoms with Crippen molar-refractivity contribution in [2.45, 2.75) is 38.6 Å². The van der Waals surface area contributed by atoms with Crippen LogP contribution in [0.5, 0.6) is 0 Å². The van der Waals surface area contributed by atoms with Crippen molar-refractivity contribution in [3.05, 3.63) is 0 Å². The highest BCUT2D eigenvalue weighted by Gasteiger charge is 2.16. The first-order chi connectivity index (χ1) is 4.83. The Hall–Kier alpha value is -0.0800. The molecule has 1 fully saturated rings. The standard InChI is InChI=1S/C8H17NO/c1-7-3-5-8(6-4-7)9-10-2/h7-9H,3-6H2,1-2H3. The molecule has 0 amide bonds. The lowest BCUT2D eigenvalue weighted by atomic mass is 9.88. The number of hydroxylamine groups is 1. The summed E-state index contributed by atoms with van der Waals surface area (Å²) in [7, 11) is 1.69. The zero-order chi connectivity index (χ0) is 7.40. The summed E-state index contributed by atoms with van der Waals surface area (Å²) in [4.78, 5) is 4.87. The normalized spacial score (nSPS) is 34.2. The first-order valence-electron chi connectivity index (χ1n) is 4.11. The Balaban J connectivity index is 2.13. The van der Waals surface area contributed by atoms with E-state index in [1.165, 1.54) is 25.7 Å². The molecule has 0 aromatic heterocycles. The van der Waals surface area contributed by atoms with Crippen molar-refractivity contribution in [3.8, 4) is 0 Å². The van der Waals surface area contributed by atoms with E-state index in [4.69, 9.17) is 4.84 Å². The molecule has 0 heterocycles. The minimum atomic E-state index is 0.612. The van der Waals surface area contributed by atoms with E-state index >= 15 is 0 Å². The van der Waals surface area contributed by atoms with Crippen LogP contribution in [-0.4, -0.2) is 13.2 Å². The van der Waals surface area contributed by atoms with Crippen molar-refractivity contribution in [1.82, 2.24) is 5.48 Å². The topological polar surface area (TPSA) is 21.3 Å². The van der Waals surface area contributed by atoms with Crippen LogP contribution in [0.4, 0.5) is 0 Å². The molecule has 1 N–H and O–H groups in total. The van der Waals surface area contributed by atoms with Gasteiger partial charge in [0.25, 0.3) is 0 Å². The van der Waals surface area contributed by atoms with E-state index < -0.39 is 0 Å². The smallest absolute Gasteiger partial charge is 0.0572 e. The molecule has 1 aliphatic carbocycles. The van der Waals surface area contributed by atoms with Crippen molar-refractivity contribution in [2.75, 3.05) is 7.11 Å². The number of hydrogen-bond acceptors (Lipinski definition) is 2.